The molecule has 26 heavy (non-hydrogen) atoms. The number of aliphatic imine (C=N–C) groups is 1. The molecule has 0 atom stereocenters. The maximum absolute atomic E-state index is 12.2. The van der Waals surface area contributed by atoms with E-state index in [1.165, 1.54) is 0 Å². The third kappa shape index (κ3) is 6.54. The lowest BCUT2D eigenvalue weighted by Gasteiger charge is -2.16. The molecule has 2 N–H and O–H groups in total. The molecule has 1 amide bonds. The van der Waals surface area contributed by atoms with E-state index in [0.29, 0.717) is 30.6 Å². The first-order valence-electron chi connectivity index (χ1n) is 8.81. The lowest BCUT2D eigenvalue weighted by molar-refractivity contribution is -0.128. The number of hydrogen-bond donors (Lipinski definition) is 2. The summed E-state index contributed by atoms with van der Waals surface area (Å²) in [6.07, 6.45) is 2.17. The largest absolute Gasteiger partial charge is 0.493 e. The Bertz CT molecular complexity index is 604. The Hall–Kier alpha value is -1.71. The summed E-state index contributed by atoms with van der Waals surface area (Å²) in [5.41, 5.74) is 0.814. The van der Waals surface area contributed by atoms with Crippen molar-refractivity contribution in [3.63, 3.8) is 0 Å². The number of methoxy groups -OCH3 is 1. The molecule has 0 aromatic heterocycles. The van der Waals surface area contributed by atoms with E-state index < -0.39 is 0 Å². The van der Waals surface area contributed by atoms with Gasteiger partial charge in [-0.3, -0.25) is 4.79 Å². The van der Waals surface area contributed by atoms with Gasteiger partial charge < -0.3 is 25.0 Å². The number of halogens is 1. The summed E-state index contributed by atoms with van der Waals surface area (Å²) in [5, 5.41) is 6.35. The average molecular weight is 476 g/mol. The van der Waals surface area contributed by atoms with Crippen molar-refractivity contribution in [1.82, 2.24) is 10.2 Å². The quantitative estimate of drug-likeness (QED) is 0.360. The Morgan fingerprint density at radius 2 is 1.96 bits per heavy atom. The van der Waals surface area contributed by atoms with Crippen LogP contribution >= 0.6 is 24.0 Å². The molecule has 1 heterocycles. The fourth-order valence-corrected chi connectivity index (χ4v) is 2.68. The minimum absolute atomic E-state index is 0. The van der Waals surface area contributed by atoms with Crippen LogP contribution in [0.3, 0.4) is 0 Å². The van der Waals surface area contributed by atoms with Gasteiger partial charge in [0.15, 0.2) is 17.5 Å². The Balaban J connectivity index is 0.00000338. The van der Waals surface area contributed by atoms with Crippen LogP contribution in [0.1, 0.15) is 26.7 Å². The average Bonchev–Trinajstić information content (AvgIpc) is 3.15. The second-order valence-corrected chi connectivity index (χ2v) is 5.71. The number of carbonyl (C=O) groups excluding carboxylic acids is 1. The van der Waals surface area contributed by atoms with Crippen molar-refractivity contribution < 1.29 is 14.3 Å². The van der Waals surface area contributed by atoms with Crippen LogP contribution in [0.4, 0.5) is 5.69 Å². The van der Waals surface area contributed by atoms with Crippen molar-refractivity contribution in [3.8, 4) is 11.5 Å². The highest BCUT2D eigenvalue weighted by atomic mass is 127. The third-order valence-corrected chi connectivity index (χ3v) is 3.90. The number of benzene rings is 1. The smallest absolute Gasteiger partial charge is 0.244 e. The normalized spacial score (nSPS) is 13.8. The van der Waals surface area contributed by atoms with Crippen molar-refractivity contribution in [3.05, 3.63) is 18.2 Å². The van der Waals surface area contributed by atoms with Gasteiger partial charge in [-0.25, -0.2) is 4.99 Å². The fourth-order valence-electron chi connectivity index (χ4n) is 2.68. The molecule has 2 rings (SSSR count). The van der Waals surface area contributed by atoms with Gasteiger partial charge in [-0.05, 0) is 38.8 Å². The van der Waals surface area contributed by atoms with Crippen LogP contribution in [0.2, 0.25) is 0 Å². The number of nitrogens with one attached hydrogen (secondary N) is 2. The zero-order valence-corrected chi connectivity index (χ0v) is 18.0. The van der Waals surface area contributed by atoms with Crippen molar-refractivity contribution in [2.75, 3.05) is 45.2 Å². The summed E-state index contributed by atoms with van der Waals surface area (Å²) in [6, 6.07) is 5.59. The van der Waals surface area contributed by atoms with Crippen LogP contribution in [-0.2, 0) is 4.79 Å². The minimum atomic E-state index is 0. The van der Waals surface area contributed by atoms with Crippen LogP contribution in [-0.4, -0.2) is 56.7 Å². The van der Waals surface area contributed by atoms with Crippen LogP contribution in [0.15, 0.2) is 23.2 Å². The van der Waals surface area contributed by atoms with Gasteiger partial charge in [-0.2, -0.15) is 0 Å². The van der Waals surface area contributed by atoms with Gasteiger partial charge in [0.05, 0.1) is 13.7 Å². The number of nitrogens with zero attached hydrogens (tertiary/aromatic N) is 2. The maximum Gasteiger partial charge on any atom is 0.244 e. The monoisotopic (exact) mass is 476 g/mol. The first kappa shape index (κ1) is 22.3. The Kier molecular flexibility index (Phi) is 10.2. The van der Waals surface area contributed by atoms with Crippen molar-refractivity contribution in [1.29, 1.82) is 0 Å². The zero-order chi connectivity index (χ0) is 18.1. The van der Waals surface area contributed by atoms with Gasteiger partial charge >= 0.3 is 0 Å². The number of likely N-dealkylation sites (tertiary alicyclic amines) is 1. The molecule has 0 aliphatic carbocycles. The third-order valence-electron chi connectivity index (χ3n) is 3.90. The van der Waals surface area contributed by atoms with Gasteiger partial charge in [0.25, 0.3) is 0 Å². The van der Waals surface area contributed by atoms with Gasteiger partial charge in [-0.1, -0.05) is 0 Å². The topological polar surface area (TPSA) is 75.2 Å². The standard InChI is InChI=1S/C18H28N4O3.HI/c1-4-19-18(20-13-17(23)22-10-6-7-11-22)21-14-8-9-15(25-5-2)16(12-14)24-3;/h8-9,12H,4-7,10-11,13H2,1-3H3,(H2,19,20,21);1H. The highest BCUT2D eigenvalue weighted by molar-refractivity contribution is 14.0. The molecule has 8 heteroatoms. The second kappa shape index (κ2) is 11.8. The molecular formula is C18H29IN4O3. The van der Waals surface area contributed by atoms with Crippen molar-refractivity contribution in [2.45, 2.75) is 26.7 Å². The highest BCUT2D eigenvalue weighted by Gasteiger charge is 2.17. The number of ether oxygens (including phenoxy) is 2. The molecule has 1 aromatic rings. The summed E-state index contributed by atoms with van der Waals surface area (Å²) in [4.78, 5) is 18.4. The SMILES string of the molecule is CCNC(=NCC(=O)N1CCCC1)Nc1ccc(OCC)c(OC)c1.I. The zero-order valence-electron chi connectivity index (χ0n) is 15.7. The molecule has 0 radical (unpaired) electrons. The molecule has 1 aliphatic heterocycles. The fraction of sp³-hybridized carbons (Fsp3) is 0.556. The molecule has 1 aromatic carbocycles. The van der Waals surface area contributed by atoms with Gasteiger partial charge in [0.1, 0.15) is 6.54 Å². The predicted octanol–water partition coefficient (Wildman–Crippen LogP) is 2.71. The van der Waals surface area contributed by atoms with Crippen LogP contribution in [0, 0.1) is 0 Å². The van der Waals surface area contributed by atoms with E-state index >= 15 is 0 Å². The molecule has 0 saturated carbocycles. The maximum atomic E-state index is 12.2. The Labute approximate surface area is 172 Å². The molecule has 0 bridgehead atoms. The van der Waals surface area contributed by atoms with E-state index in [1.807, 2.05) is 36.9 Å². The lowest BCUT2D eigenvalue weighted by atomic mass is 10.2. The van der Waals surface area contributed by atoms with Gasteiger partial charge in [-0.15, -0.1) is 24.0 Å². The molecule has 0 spiro atoms. The van der Waals surface area contributed by atoms with Crippen LogP contribution < -0.4 is 20.1 Å². The number of amides is 1. The summed E-state index contributed by atoms with van der Waals surface area (Å²) in [6.45, 7) is 7.02. The molecule has 1 aliphatic rings. The minimum Gasteiger partial charge on any atom is -0.493 e. The molecule has 1 fully saturated rings. The molecule has 0 unspecified atom stereocenters. The van der Waals surface area contributed by atoms with E-state index in [2.05, 4.69) is 15.6 Å². The van der Waals surface area contributed by atoms with Crippen LogP contribution in [0.25, 0.3) is 0 Å². The van der Waals surface area contributed by atoms with E-state index in [-0.39, 0.29) is 36.4 Å². The first-order valence-corrected chi connectivity index (χ1v) is 8.81. The number of guanidine groups is 1. The summed E-state index contributed by atoms with van der Waals surface area (Å²) in [5.74, 6) is 1.98. The molecule has 1 saturated heterocycles. The number of anilines is 1. The van der Waals surface area contributed by atoms with Crippen molar-refractivity contribution >= 4 is 41.5 Å². The van der Waals surface area contributed by atoms with Gasteiger partial charge in [0, 0.05) is 31.4 Å². The van der Waals surface area contributed by atoms with E-state index in [4.69, 9.17) is 9.47 Å². The number of carbonyl (C=O) groups is 1. The van der Waals surface area contributed by atoms with Crippen LogP contribution in [0.5, 0.6) is 11.5 Å². The lowest BCUT2D eigenvalue weighted by Crippen LogP contribution is -2.34. The Morgan fingerprint density at radius 3 is 2.58 bits per heavy atom. The van der Waals surface area contributed by atoms with E-state index in [0.717, 1.165) is 31.6 Å². The van der Waals surface area contributed by atoms with E-state index in [9.17, 15) is 4.79 Å². The highest BCUT2D eigenvalue weighted by Crippen LogP contribution is 2.30. The second-order valence-electron chi connectivity index (χ2n) is 5.71. The predicted molar refractivity (Wildman–Crippen MR) is 115 cm³/mol. The van der Waals surface area contributed by atoms with Gasteiger partial charge in [0.2, 0.25) is 5.91 Å². The Morgan fingerprint density at radius 1 is 1.23 bits per heavy atom. The van der Waals surface area contributed by atoms with Crippen molar-refractivity contribution in [2.24, 2.45) is 4.99 Å². The number of rotatable bonds is 7. The summed E-state index contributed by atoms with van der Waals surface area (Å²) >= 11 is 0. The first-order chi connectivity index (χ1) is 12.2. The summed E-state index contributed by atoms with van der Waals surface area (Å²) in [7, 11) is 1.61. The molecule has 7 nitrogen and oxygen atoms in total. The molecular weight excluding hydrogens is 447 g/mol. The summed E-state index contributed by atoms with van der Waals surface area (Å²) < 4.78 is 10.9. The number of hydrogen-bond acceptors (Lipinski definition) is 4. The van der Waals surface area contributed by atoms with E-state index in [1.54, 1.807) is 7.11 Å². The molecule has 146 valence electrons.